The summed E-state index contributed by atoms with van der Waals surface area (Å²) in [7, 11) is 0. The third-order valence-corrected chi connectivity index (χ3v) is 8.30. The second kappa shape index (κ2) is 11.2. The molecule has 2 aromatic rings. The zero-order valence-corrected chi connectivity index (χ0v) is 22.2. The van der Waals surface area contributed by atoms with E-state index in [-0.39, 0.29) is 17.0 Å². The summed E-state index contributed by atoms with van der Waals surface area (Å²) in [5.74, 6) is 0.561. The van der Waals surface area contributed by atoms with Crippen LogP contribution in [0.2, 0.25) is 5.02 Å². The third-order valence-electron chi connectivity index (χ3n) is 8.01. The molecule has 0 radical (unpaired) electrons. The maximum absolute atomic E-state index is 14.2. The molecule has 1 spiro atoms. The van der Waals surface area contributed by atoms with Gasteiger partial charge in [-0.2, -0.15) is 0 Å². The van der Waals surface area contributed by atoms with Crippen molar-refractivity contribution in [1.82, 2.24) is 4.90 Å². The average molecular weight is 511 g/mol. The molecule has 1 amide bonds. The quantitative estimate of drug-likeness (QED) is 0.255. The number of hydrogen-bond acceptors (Lipinski definition) is 3. The Labute approximate surface area is 218 Å². The van der Waals surface area contributed by atoms with Crippen LogP contribution < -0.4 is 0 Å². The van der Waals surface area contributed by atoms with Crippen LogP contribution in [0.5, 0.6) is 0 Å². The molecule has 1 saturated carbocycles. The van der Waals surface area contributed by atoms with E-state index < -0.39 is 11.5 Å². The van der Waals surface area contributed by atoms with Crippen LogP contribution in [0.25, 0.3) is 0 Å². The number of aliphatic imine (C=N–C) groups is 1. The van der Waals surface area contributed by atoms with Crippen molar-refractivity contribution in [2.75, 3.05) is 0 Å². The molecular formula is C30H36ClFN2O2. The fraction of sp³-hybridized carbons (Fsp3) is 0.500. The molecule has 0 aromatic heterocycles. The number of unbranched alkanes of at least 4 members (excludes halogenated alkanes) is 2. The molecule has 6 heteroatoms. The summed E-state index contributed by atoms with van der Waals surface area (Å²) >= 11 is 6.10. The van der Waals surface area contributed by atoms with E-state index in [2.05, 4.69) is 20.8 Å². The van der Waals surface area contributed by atoms with Gasteiger partial charge >= 0.3 is 0 Å². The van der Waals surface area contributed by atoms with E-state index in [1.807, 2.05) is 29.2 Å². The Hall–Kier alpha value is -2.53. The normalized spacial score (nSPS) is 22.8. The lowest BCUT2D eigenvalue weighted by atomic mass is 9.76. The molecule has 1 fully saturated rings. The lowest BCUT2D eigenvalue weighted by Crippen LogP contribution is -2.51. The summed E-state index contributed by atoms with van der Waals surface area (Å²) in [5, 5.41) is -0.0111. The van der Waals surface area contributed by atoms with Crippen LogP contribution in [-0.4, -0.2) is 28.5 Å². The van der Waals surface area contributed by atoms with E-state index in [0.717, 1.165) is 63.2 Å². The first-order valence-electron chi connectivity index (χ1n) is 13.2. The predicted molar refractivity (Wildman–Crippen MR) is 143 cm³/mol. The maximum atomic E-state index is 14.2. The van der Waals surface area contributed by atoms with E-state index >= 15 is 0 Å². The fourth-order valence-corrected chi connectivity index (χ4v) is 6.01. The fourth-order valence-electron chi connectivity index (χ4n) is 5.83. The third kappa shape index (κ3) is 5.27. The zero-order valence-electron chi connectivity index (χ0n) is 21.5. The van der Waals surface area contributed by atoms with Gasteiger partial charge in [0.2, 0.25) is 0 Å². The maximum Gasteiger partial charge on any atom is 0.275 e. The summed E-state index contributed by atoms with van der Waals surface area (Å²) in [6.07, 6.45) is 8.43. The minimum Gasteiger partial charge on any atom is -0.305 e. The van der Waals surface area contributed by atoms with E-state index in [1.54, 1.807) is 6.07 Å². The Morgan fingerprint density at radius 1 is 1.14 bits per heavy atom. The van der Waals surface area contributed by atoms with Gasteiger partial charge in [0, 0.05) is 11.1 Å². The van der Waals surface area contributed by atoms with Crippen molar-refractivity contribution in [3.8, 4) is 0 Å². The van der Waals surface area contributed by atoms with Gasteiger partial charge in [-0.05, 0) is 67.7 Å². The minimum absolute atomic E-state index is 0.0111. The molecule has 1 heterocycles. The minimum atomic E-state index is -0.626. The number of carbonyl (C=O) groups excluding carboxylic acids is 2. The van der Waals surface area contributed by atoms with E-state index in [0.29, 0.717) is 28.7 Å². The van der Waals surface area contributed by atoms with Gasteiger partial charge in [0.25, 0.3) is 5.91 Å². The Morgan fingerprint density at radius 2 is 1.83 bits per heavy atom. The summed E-state index contributed by atoms with van der Waals surface area (Å²) in [6.45, 7) is 6.69. The molecule has 1 aliphatic carbocycles. The number of carbonyl (C=O) groups is 2. The highest BCUT2D eigenvalue weighted by Crippen LogP contribution is 2.48. The Kier molecular flexibility index (Phi) is 8.29. The standard InChI is InChI=1S/C30H36ClFN2O2/c1-4-5-6-7-27(23-10-8-21(19-35)9-11-23)34-29(36)28(24-12-13-26(32)25(31)18-24)33-30(34)16-14-22(15-17-30)20(2)3/h8-13,18-20,22,27H,4-7,14-17H2,1-3H3. The van der Waals surface area contributed by atoms with Gasteiger partial charge in [-0.15, -0.1) is 0 Å². The largest absolute Gasteiger partial charge is 0.305 e. The van der Waals surface area contributed by atoms with Crippen molar-refractivity contribution in [1.29, 1.82) is 0 Å². The van der Waals surface area contributed by atoms with Crippen molar-refractivity contribution >= 4 is 29.5 Å². The highest BCUT2D eigenvalue weighted by molar-refractivity contribution is 6.47. The molecule has 1 aliphatic heterocycles. The lowest BCUT2D eigenvalue weighted by molar-refractivity contribution is -0.133. The van der Waals surface area contributed by atoms with E-state index in [9.17, 15) is 14.0 Å². The van der Waals surface area contributed by atoms with Gasteiger partial charge in [0.15, 0.2) is 0 Å². The van der Waals surface area contributed by atoms with Crippen molar-refractivity contribution in [2.24, 2.45) is 16.8 Å². The van der Waals surface area contributed by atoms with Gasteiger partial charge in [0.05, 0.1) is 11.1 Å². The van der Waals surface area contributed by atoms with E-state index in [4.69, 9.17) is 16.6 Å². The molecule has 4 rings (SSSR count). The number of nitrogens with zero attached hydrogens (tertiary/aromatic N) is 2. The second-order valence-electron chi connectivity index (χ2n) is 10.6. The molecule has 1 unspecified atom stereocenters. The molecular weight excluding hydrogens is 475 g/mol. The first-order valence-corrected chi connectivity index (χ1v) is 13.6. The van der Waals surface area contributed by atoms with Crippen LogP contribution in [0.15, 0.2) is 47.5 Å². The van der Waals surface area contributed by atoms with Gasteiger partial charge < -0.3 is 4.90 Å². The molecule has 1 atom stereocenters. The number of halogens is 2. The Balaban J connectivity index is 1.78. The van der Waals surface area contributed by atoms with Crippen molar-refractivity contribution < 1.29 is 14.0 Å². The first kappa shape index (κ1) is 26.5. The monoisotopic (exact) mass is 510 g/mol. The first-order chi connectivity index (χ1) is 17.3. The van der Waals surface area contributed by atoms with Crippen LogP contribution in [0.1, 0.15) is 99.7 Å². The van der Waals surface area contributed by atoms with Crippen molar-refractivity contribution in [3.63, 3.8) is 0 Å². The van der Waals surface area contributed by atoms with Gasteiger partial charge in [0.1, 0.15) is 23.5 Å². The van der Waals surface area contributed by atoms with E-state index in [1.165, 1.54) is 12.1 Å². The molecule has 4 nitrogen and oxygen atoms in total. The highest BCUT2D eigenvalue weighted by Gasteiger charge is 2.52. The molecule has 0 saturated heterocycles. The molecule has 0 N–H and O–H groups in total. The van der Waals surface area contributed by atoms with Crippen LogP contribution in [0.4, 0.5) is 4.39 Å². The van der Waals surface area contributed by atoms with Crippen molar-refractivity contribution in [3.05, 3.63) is 70.0 Å². The Bertz CT molecular complexity index is 1120. The summed E-state index contributed by atoms with van der Waals surface area (Å²) in [4.78, 5) is 32.6. The summed E-state index contributed by atoms with van der Waals surface area (Å²) in [5.41, 5.74) is 1.93. The number of amides is 1. The number of benzene rings is 2. The second-order valence-corrected chi connectivity index (χ2v) is 11.0. The predicted octanol–water partition coefficient (Wildman–Crippen LogP) is 7.79. The van der Waals surface area contributed by atoms with Crippen molar-refractivity contribution in [2.45, 2.75) is 83.8 Å². The SMILES string of the molecule is CCCCCC(c1ccc(C=O)cc1)N1C(=O)C(c2ccc(F)c(Cl)c2)=NC12CCC(C(C)C)CC2. The summed E-state index contributed by atoms with van der Waals surface area (Å²) < 4.78 is 13.9. The molecule has 192 valence electrons. The summed E-state index contributed by atoms with van der Waals surface area (Å²) in [6, 6.07) is 11.8. The molecule has 36 heavy (non-hydrogen) atoms. The average Bonchev–Trinajstić information content (AvgIpc) is 3.15. The molecule has 2 aliphatic rings. The number of hydrogen-bond donors (Lipinski definition) is 0. The number of rotatable bonds is 9. The zero-order chi connectivity index (χ0) is 25.9. The van der Waals surface area contributed by atoms with Crippen LogP contribution in [-0.2, 0) is 4.79 Å². The topological polar surface area (TPSA) is 49.7 Å². The van der Waals surface area contributed by atoms with Crippen LogP contribution in [0, 0.1) is 17.7 Å². The number of aldehydes is 1. The van der Waals surface area contributed by atoms with Gasteiger partial charge in [-0.25, -0.2) is 4.39 Å². The molecule has 2 aromatic carbocycles. The smallest absolute Gasteiger partial charge is 0.275 e. The van der Waals surface area contributed by atoms with Crippen LogP contribution in [0.3, 0.4) is 0 Å². The Morgan fingerprint density at radius 3 is 2.42 bits per heavy atom. The van der Waals surface area contributed by atoms with Gasteiger partial charge in [-0.1, -0.05) is 75.9 Å². The van der Waals surface area contributed by atoms with Gasteiger partial charge in [-0.3, -0.25) is 14.6 Å². The highest BCUT2D eigenvalue weighted by atomic mass is 35.5. The molecule has 0 bridgehead atoms. The van der Waals surface area contributed by atoms with Crippen LogP contribution >= 0.6 is 11.6 Å². The lowest BCUT2D eigenvalue weighted by Gasteiger charge is -2.46.